The van der Waals surface area contributed by atoms with Gasteiger partial charge in [-0.2, -0.15) is 0 Å². The topological polar surface area (TPSA) is 38.3 Å². The highest BCUT2D eigenvalue weighted by molar-refractivity contribution is 5.92. The third-order valence-electron chi connectivity index (χ3n) is 2.69. The Balaban J connectivity index is 3.99. The van der Waals surface area contributed by atoms with Crippen LogP contribution in [-0.2, 0) is 9.53 Å². The predicted molar refractivity (Wildman–Crippen MR) is 76.3 cm³/mol. The van der Waals surface area contributed by atoms with Gasteiger partial charge in [-0.05, 0) is 33.6 Å². The summed E-state index contributed by atoms with van der Waals surface area (Å²) >= 11 is 0. The summed E-state index contributed by atoms with van der Waals surface area (Å²) in [6.45, 7) is 11.5. The van der Waals surface area contributed by atoms with Gasteiger partial charge in [-0.25, -0.2) is 0 Å². The molecular formula is C15H29NO2. The number of ether oxygens (including phenoxy) is 1. The van der Waals surface area contributed by atoms with Crippen molar-refractivity contribution in [2.24, 2.45) is 0 Å². The molecule has 0 aliphatic rings. The lowest BCUT2D eigenvalue weighted by Gasteiger charge is -2.21. The molecule has 0 heterocycles. The second-order valence-corrected chi connectivity index (χ2v) is 5.13. The number of nitrogens with one attached hydrogen (secondary N) is 1. The van der Waals surface area contributed by atoms with Gasteiger partial charge >= 0.3 is 0 Å². The van der Waals surface area contributed by atoms with Crippen LogP contribution in [0.15, 0.2) is 12.2 Å². The summed E-state index contributed by atoms with van der Waals surface area (Å²) in [6.07, 6.45) is 6.90. The van der Waals surface area contributed by atoms with E-state index in [4.69, 9.17) is 4.74 Å². The van der Waals surface area contributed by atoms with Gasteiger partial charge in [0.2, 0.25) is 5.91 Å². The summed E-state index contributed by atoms with van der Waals surface area (Å²) in [5, 5.41) is 2.88. The van der Waals surface area contributed by atoms with E-state index in [0.717, 1.165) is 12.8 Å². The van der Waals surface area contributed by atoms with Gasteiger partial charge in [0.15, 0.2) is 0 Å². The summed E-state index contributed by atoms with van der Waals surface area (Å²) in [5.41, 5.74) is 0.526. The fourth-order valence-electron chi connectivity index (χ4n) is 1.71. The molecule has 0 saturated carbocycles. The Kier molecular flexibility index (Phi) is 9.66. The Morgan fingerprint density at radius 1 is 1.22 bits per heavy atom. The molecule has 3 heteroatoms. The van der Waals surface area contributed by atoms with E-state index in [1.165, 1.54) is 25.7 Å². The number of unbranched alkanes of at least 4 members (excludes halogenated alkanes) is 4. The maximum absolute atomic E-state index is 11.6. The van der Waals surface area contributed by atoms with E-state index in [1.54, 1.807) is 6.92 Å². The molecule has 0 fully saturated rings. The van der Waals surface area contributed by atoms with Crippen LogP contribution in [-0.4, -0.2) is 18.2 Å². The maximum atomic E-state index is 11.6. The molecule has 0 radical (unpaired) electrons. The molecule has 0 aromatic rings. The van der Waals surface area contributed by atoms with E-state index in [-0.39, 0.29) is 18.2 Å². The molecule has 0 aliphatic heterocycles. The number of rotatable bonds is 10. The average Bonchev–Trinajstić information content (AvgIpc) is 2.27. The van der Waals surface area contributed by atoms with Crippen molar-refractivity contribution in [1.82, 2.24) is 5.32 Å². The molecule has 0 aliphatic carbocycles. The first-order valence-corrected chi connectivity index (χ1v) is 7.09. The first kappa shape index (κ1) is 17.2. The fourth-order valence-corrected chi connectivity index (χ4v) is 1.71. The molecule has 1 atom stereocenters. The molecule has 0 aromatic carbocycles. The zero-order chi connectivity index (χ0) is 14.0. The smallest absolute Gasteiger partial charge is 0.248 e. The lowest BCUT2D eigenvalue weighted by Crippen LogP contribution is -2.38. The van der Waals surface area contributed by atoms with Crippen LogP contribution < -0.4 is 5.32 Å². The van der Waals surface area contributed by atoms with Gasteiger partial charge in [-0.1, -0.05) is 39.2 Å². The van der Waals surface area contributed by atoms with Crippen LogP contribution in [0.4, 0.5) is 0 Å². The molecule has 0 bridgehead atoms. The molecule has 0 aromatic heterocycles. The molecule has 1 N–H and O–H groups in total. The Labute approximate surface area is 112 Å². The van der Waals surface area contributed by atoms with Crippen LogP contribution in [0.1, 0.15) is 66.2 Å². The second kappa shape index (κ2) is 10.1. The first-order chi connectivity index (χ1) is 8.47. The normalized spacial score (nSPS) is 12.5. The van der Waals surface area contributed by atoms with Crippen molar-refractivity contribution in [3.63, 3.8) is 0 Å². The SMILES string of the molecule is C=C(C)C(=O)NC(CCCCCCC)OC(C)C. The van der Waals surface area contributed by atoms with Crippen molar-refractivity contribution in [3.8, 4) is 0 Å². The lowest BCUT2D eigenvalue weighted by molar-refractivity contribution is -0.123. The Morgan fingerprint density at radius 2 is 1.83 bits per heavy atom. The lowest BCUT2D eigenvalue weighted by atomic mass is 10.1. The Morgan fingerprint density at radius 3 is 2.33 bits per heavy atom. The van der Waals surface area contributed by atoms with Crippen LogP contribution >= 0.6 is 0 Å². The van der Waals surface area contributed by atoms with Crippen LogP contribution in [0.5, 0.6) is 0 Å². The van der Waals surface area contributed by atoms with Crippen LogP contribution in [0, 0.1) is 0 Å². The van der Waals surface area contributed by atoms with Crippen LogP contribution in [0.25, 0.3) is 0 Å². The standard InChI is InChI=1S/C15H29NO2/c1-6-7-8-9-10-11-14(18-13(4)5)16-15(17)12(2)3/h13-14H,2,6-11H2,1,3-5H3,(H,16,17). The number of hydrogen-bond donors (Lipinski definition) is 1. The molecule has 0 rings (SSSR count). The van der Waals surface area contributed by atoms with E-state index in [1.807, 2.05) is 13.8 Å². The molecule has 0 saturated heterocycles. The quantitative estimate of drug-likeness (QED) is 0.366. The van der Waals surface area contributed by atoms with Gasteiger partial charge < -0.3 is 10.1 Å². The maximum Gasteiger partial charge on any atom is 0.248 e. The monoisotopic (exact) mass is 255 g/mol. The average molecular weight is 255 g/mol. The van der Waals surface area contributed by atoms with Crippen molar-refractivity contribution in [3.05, 3.63) is 12.2 Å². The summed E-state index contributed by atoms with van der Waals surface area (Å²) in [6, 6.07) is 0. The van der Waals surface area contributed by atoms with E-state index >= 15 is 0 Å². The first-order valence-electron chi connectivity index (χ1n) is 7.09. The highest BCUT2D eigenvalue weighted by Crippen LogP contribution is 2.10. The largest absolute Gasteiger partial charge is 0.356 e. The summed E-state index contributed by atoms with van der Waals surface area (Å²) in [7, 11) is 0. The van der Waals surface area contributed by atoms with Gasteiger partial charge in [0.25, 0.3) is 0 Å². The van der Waals surface area contributed by atoms with Crippen molar-refractivity contribution in [2.75, 3.05) is 0 Å². The van der Waals surface area contributed by atoms with Crippen molar-refractivity contribution >= 4 is 5.91 Å². The number of carbonyl (C=O) groups excluding carboxylic acids is 1. The van der Waals surface area contributed by atoms with E-state index in [9.17, 15) is 4.79 Å². The zero-order valence-corrected chi connectivity index (χ0v) is 12.4. The summed E-state index contributed by atoms with van der Waals surface area (Å²) in [4.78, 5) is 11.6. The van der Waals surface area contributed by atoms with Crippen molar-refractivity contribution in [2.45, 2.75) is 78.6 Å². The van der Waals surface area contributed by atoms with Gasteiger partial charge in [0, 0.05) is 5.57 Å². The van der Waals surface area contributed by atoms with Crippen molar-refractivity contribution < 1.29 is 9.53 Å². The number of amides is 1. The van der Waals surface area contributed by atoms with Crippen molar-refractivity contribution in [1.29, 1.82) is 0 Å². The molecule has 1 unspecified atom stereocenters. The fraction of sp³-hybridized carbons (Fsp3) is 0.800. The summed E-state index contributed by atoms with van der Waals surface area (Å²) < 4.78 is 5.70. The number of carbonyl (C=O) groups is 1. The zero-order valence-electron chi connectivity index (χ0n) is 12.4. The van der Waals surface area contributed by atoms with E-state index in [2.05, 4.69) is 18.8 Å². The second-order valence-electron chi connectivity index (χ2n) is 5.13. The highest BCUT2D eigenvalue weighted by Gasteiger charge is 2.14. The van der Waals surface area contributed by atoms with Gasteiger partial charge in [0.05, 0.1) is 6.10 Å². The van der Waals surface area contributed by atoms with Crippen LogP contribution in [0.3, 0.4) is 0 Å². The molecule has 0 spiro atoms. The minimum Gasteiger partial charge on any atom is -0.356 e. The molecule has 18 heavy (non-hydrogen) atoms. The third kappa shape index (κ3) is 9.23. The number of hydrogen-bond acceptors (Lipinski definition) is 2. The minimum atomic E-state index is -0.184. The summed E-state index contributed by atoms with van der Waals surface area (Å²) in [5.74, 6) is -0.116. The van der Waals surface area contributed by atoms with Gasteiger partial charge in [0.1, 0.15) is 6.23 Å². The molecule has 106 valence electrons. The van der Waals surface area contributed by atoms with Crippen LogP contribution in [0.2, 0.25) is 0 Å². The molecule has 3 nitrogen and oxygen atoms in total. The minimum absolute atomic E-state index is 0.116. The van der Waals surface area contributed by atoms with E-state index < -0.39 is 0 Å². The Bertz CT molecular complexity index is 249. The third-order valence-corrected chi connectivity index (χ3v) is 2.69. The molecule has 1 amide bonds. The highest BCUT2D eigenvalue weighted by atomic mass is 16.5. The predicted octanol–water partition coefficient (Wildman–Crippen LogP) is 3.79. The van der Waals surface area contributed by atoms with E-state index in [0.29, 0.717) is 5.57 Å². The van der Waals surface area contributed by atoms with Gasteiger partial charge in [-0.15, -0.1) is 0 Å². The Hall–Kier alpha value is -0.830. The van der Waals surface area contributed by atoms with Gasteiger partial charge in [-0.3, -0.25) is 4.79 Å². The molecular weight excluding hydrogens is 226 g/mol.